The maximum atomic E-state index is 4.37. The Bertz CT molecular complexity index is 549. The molecule has 3 heterocycles. The van der Waals surface area contributed by atoms with Crippen LogP contribution in [0.5, 0.6) is 0 Å². The molecule has 1 atom stereocenters. The average molecular weight is 330 g/mol. The summed E-state index contributed by atoms with van der Waals surface area (Å²) < 4.78 is 5.82. The standard InChI is InChI=1S/C10H9IN3S/c1-6(9-4-15-9)2-8(14-5-13-11-14)10-7(1)3-12-10/h1-3,9,13H,4-5H2/q-1. The molecule has 1 N–H and O–H groups in total. The van der Waals surface area contributed by atoms with Gasteiger partial charge in [-0.25, -0.2) is 0 Å². The van der Waals surface area contributed by atoms with Crippen LogP contribution in [0.15, 0.2) is 17.1 Å². The molecule has 2 saturated heterocycles. The van der Waals surface area contributed by atoms with Crippen LogP contribution in [-0.2, 0) is 0 Å². The summed E-state index contributed by atoms with van der Waals surface area (Å²) in [5.41, 5.74) is 2.86. The second-order valence-electron chi connectivity index (χ2n) is 3.80. The second kappa shape index (κ2) is 3.11. The van der Waals surface area contributed by atoms with E-state index in [2.05, 4.69) is 23.8 Å². The Morgan fingerprint density at radius 3 is 2.93 bits per heavy atom. The van der Waals surface area contributed by atoms with E-state index in [-0.39, 0.29) is 21.8 Å². The summed E-state index contributed by atoms with van der Waals surface area (Å²) in [5, 5.41) is 3.31. The fourth-order valence-electron chi connectivity index (χ4n) is 1.83. The first kappa shape index (κ1) is 8.83. The van der Waals surface area contributed by atoms with Gasteiger partial charge < -0.3 is 0 Å². The van der Waals surface area contributed by atoms with Crippen LogP contribution >= 0.6 is 11.8 Å². The van der Waals surface area contributed by atoms with Gasteiger partial charge in [-0.3, -0.25) is 0 Å². The molecule has 5 heteroatoms. The van der Waals surface area contributed by atoms with Crippen LogP contribution in [0.25, 0.3) is 6.20 Å². The molecule has 15 heavy (non-hydrogen) atoms. The zero-order chi connectivity index (χ0) is 9.83. The number of halogens is 1. The molecule has 1 aromatic carbocycles. The molecule has 0 saturated carbocycles. The van der Waals surface area contributed by atoms with Gasteiger partial charge in [-0.1, -0.05) is 0 Å². The number of hydrogen-bond acceptors (Lipinski definition) is 4. The number of nitrogens with zero attached hydrogens (tertiary/aromatic N) is 2. The number of rotatable bonds is 2. The molecule has 3 aliphatic heterocycles. The van der Waals surface area contributed by atoms with E-state index >= 15 is 0 Å². The Balaban J connectivity index is 1.88. The summed E-state index contributed by atoms with van der Waals surface area (Å²) in [7, 11) is 0. The van der Waals surface area contributed by atoms with E-state index in [0.717, 1.165) is 11.9 Å². The molecule has 2 fully saturated rings. The zero-order valence-corrected chi connectivity index (χ0v) is 10.9. The van der Waals surface area contributed by atoms with Crippen molar-refractivity contribution in [3.8, 4) is 0 Å². The maximum absolute atomic E-state index is 4.37. The van der Waals surface area contributed by atoms with E-state index in [1.54, 1.807) is 0 Å². The Labute approximate surface area is 103 Å². The van der Waals surface area contributed by atoms with Crippen molar-refractivity contribution in [1.29, 1.82) is 0 Å². The van der Waals surface area contributed by atoms with E-state index in [0.29, 0.717) is 0 Å². The van der Waals surface area contributed by atoms with Crippen molar-refractivity contribution in [2.75, 3.05) is 15.5 Å². The van der Waals surface area contributed by atoms with Crippen LogP contribution in [0.1, 0.15) is 10.8 Å². The van der Waals surface area contributed by atoms with Crippen LogP contribution in [0.2, 0.25) is 0 Å². The van der Waals surface area contributed by atoms with Crippen LogP contribution in [0.4, 0.5) is 5.69 Å². The van der Waals surface area contributed by atoms with Crippen LogP contribution in [0.3, 0.4) is 0 Å². The molecule has 0 bridgehead atoms. The van der Waals surface area contributed by atoms with Gasteiger partial charge in [0.1, 0.15) is 0 Å². The number of fused-ring (bicyclic) bond motifs is 1. The third-order valence-electron chi connectivity index (χ3n) is 2.80. The second-order valence-corrected chi connectivity index (χ2v) is 7.44. The van der Waals surface area contributed by atoms with Gasteiger partial charge in [0.15, 0.2) is 0 Å². The number of benzene rings is 1. The molecule has 0 radical (unpaired) electrons. The third kappa shape index (κ3) is 1.33. The van der Waals surface area contributed by atoms with Crippen molar-refractivity contribution >= 4 is 23.6 Å². The zero-order valence-electron chi connectivity index (χ0n) is 7.90. The molecular formula is C10H9IN3S-. The predicted octanol–water partition coefficient (Wildman–Crippen LogP) is -2.87. The van der Waals surface area contributed by atoms with Gasteiger partial charge in [-0.15, -0.1) is 0 Å². The van der Waals surface area contributed by atoms with Gasteiger partial charge in [0, 0.05) is 0 Å². The molecule has 0 amide bonds. The Hall–Kier alpha value is -0.270. The van der Waals surface area contributed by atoms with E-state index in [1.165, 1.54) is 27.6 Å². The SMILES string of the molecule is C1=c2cc(C3CS3)cc(N3CN[I-]3)c2=N1. The monoisotopic (exact) mass is 330 g/mol. The fraction of sp³-hybridized carbons (Fsp3) is 0.300. The van der Waals surface area contributed by atoms with Gasteiger partial charge in [-0.2, -0.15) is 0 Å². The van der Waals surface area contributed by atoms with Crippen molar-refractivity contribution in [2.45, 2.75) is 5.25 Å². The molecule has 1 aromatic rings. The molecular weight excluding hydrogens is 321 g/mol. The molecule has 4 rings (SSSR count). The minimum atomic E-state index is 0.0413. The van der Waals surface area contributed by atoms with Gasteiger partial charge in [-0.05, 0) is 0 Å². The Morgan fingerprint density at radius 2 is 2.40 bits per heavy atom. The molecule has 3 nitrogen and oxygen atoms in total. The van der Waals surface area contributed by atoms with Crippen molar-refractivity contribution in [2.24, 2.45) is 4.99 Å². The number of nitrogens with one attached hydrogen (secondary N) is 1. The number of hydrogen-bond donors (Lipinski definition) is 1. The topological polar surface area (TPSA) is 27.6 Å². The summed E-state index contributed by atoms with van der Waals surface area (Å²) >= 11 is 2.08. The summed E-state index contributed by atoms with van der Waals surface area (Å²) in [6, 6.07) is 4.66. The predicted molar refractivity (Wildman–Crippen MR) is 57.4 cm³/mol. The van der Waals surface area contributed by atoms with Crippen molar-refractivity contribution in [3.63, 3.8) is 0 Å². The van der Waals surface area contributed by atoms with Crippen LogP contribution < -0.4 is 39.0 Å². The molecule has 0 spiro atoms. The quantitative estimate of drug-likeness (QED) is 0.359. The summed E-state index contributed by atoms with van der Waals surface area (Å²) in [6.07, 6.45) is 1.99. The molecule has 0 aromatic heterocycles. The van der Waals surface area contributed by atoms with E-state index < -0.39 is 0 Å². The first-order chi connectivity index (χ1) is 7.42. The molecule has 1 unspecified atom stereocenters. The third-order valence-corrected chi connectivity index (χ3v) is 5.87. The normalized spacial score (nSPS) is 26.1. The van der Waals surface area contributed by atoms with Gasteiger partial charge in [0.2, 0.25) is 0 Å². The Kier molecular flexibility index (Phi) is 1.83. The summed E-state index contributed by atoms with van der Waals surface area (Å²) in [4.78, 5) is 4.37. The van der Waals surface area contributed by atoms with Crippen LogP contribution in [-0.4, -0.2) is 12.4 Å². The fourth-order valence-corrected chi connectivity index (χ4v) is 3.76. The molecule has 3 aliphatic rings. The molecule has 0 aliphatic carbocycles. The van der Waals surface area contributed by atoms with Crippen molar-refractivity contribution < 1.29 is 21.8 Å². The Morgan fingerprint density at radius 1 is 1.53 bits per heavy atom. The number of anilines is 1. The molecule has 78 valence electrons. The first-order valence-electron chi connectivity index (χ1n) is 4.90. The van der Waals surface area contributed by atoms with Gasteiger partial charge >= 0.3 is 103 Å². The van der Waals surface area contributed by atoms with Gasteiger partial charge in [0.05, 0.1) is 0 Å². The average Bonchev–Trinajstić information content (AvgIpc) is 2.87. The van der Waals surface area contributed by atoms with E-state index in [4.69, 9.17) is 0 Å². The van der Waals surface area contributed by atoms with Crippen molar-refractivity contribution in [3.05, 3.63) is 28.3 Å². The van der Waals surface area contributed by atoms with Crippen molar-refractivity contribution in [1.82, 2.24) is 3.53 Å². The summed E-state index contributed by atoms with van der Waals surface area (Å²) in [5.74, 6) is 1.29. The summed E-state index contributed by atoms with van der Waals surface area (Å²) in [6.45, 7) is 1.01. The van der Waals surface area contributed by atoms with E-state index in [9.17, 15) is 0 Å². The van der Waals surface area contributed by atoms with Gasteiger partial charge in [0.25, 0.3) is 0 Å². The first-order valence-corrected chi connectivity index (χ1v) is 7.99. The van der Waals surface area contributed by atoms with E-state index in [1.807, 2.05) is 18.0 Å². The number of thioether (sulfide) groups is 1. The minimum absolute atomic E-state index is 0.0413. The van der Waals surface area contributed by atoms with Crippen LogP contribution in [0, 0.1) is 0 Å².